The van der Waals surface area contributed by atoms with E-state index in [1.807, 2.05) is 0 Å². The van der Waals surface area contributed by atoms with Crippen LogP contribution in [0.15, 0.2) is 4.42 Å². The summed E-state index contributed by atoms with van der Waals surface area (Å²) in [5, 5.41) is 12.5. The van der Waals surface area contributed by atoms with Crippen molar-refractivity contribution in [3.63, 3.8) is 0 Å². The van der Waals surface area contributed by atoms with Crippen LogP contribution in [0.3, 0.4) is 0 Å². The molecule has 3 fully saturated rings. The number of hydrogen-bond donors (Lipinski definition) is 2. The molecule has 3 heterocycles. The third-order valence-electron chi connectivity index (χ3n) is 6.31. The molecule has 11 nitrogen and oxygen atoms in total. The fraction of sp³-hybridized carbons (Fsp3) is 0.824. The molecule has 0 aromatic carbocycles. The molecular formula is C17H27N5O6S. The van der Waals surface area contributed by atoms with E-state index in [-0.39, 0.29) is 12.5 Å². The van der Waals surface area contributed by atoms with Crippen molar-refractivity contribution in [2.24, 2.45) is 5.41 Å². The van der Waals surface area contributed by atoms with Gasteiger partial charge in [-0.15, -0.1) is 14.5 Å². The highest BCUT2D eigenvalue weighted by Crippen LogP contribution is 2.55. The van der Waals surface area contributed by atoms with E-state index in [2.05, 4.69) is 19.8 Å². The number of rotatable bonds is 5. The van der Waals surface area contributed by atoms with Crippen LogP contribution in [0.1, 0.15) is 69.2 Å². The lowest BCUT2D eigenvalue weighted by Crippen LogP contribution is -2.44. The van der Waals surface area contributed by atoms with Crippen LogP contribution in [0.2, 0.25) is 0 Å². The van der Waals surface area contributed by atoms with Crippen molar-refractivity contribution in [3.8, 4) is 0 Å². The number of nitrogens with one attached hydrogen (secondary N) is 1. The topological polar surface area (TPSA) is 138 Å². The van der Waals surface area contributed by atoms with E-state index in [4.69, 9.17) is 8.97 Å². The molecule has 1 spiro atoms. The van der Waals surface area contributed by atoms with Crippen molar-refractivity contribution in [1.82, 2.24) is 25.5 Å². The van der Waals surface area contributed by atoms with Crippen molar-refractivity contribution in [1.29, 1.82) is 0 Å². The Morgan fingerprint density at radius 3 is 2.62 bits per heavy atom. The summed E-state index contributed by atoms with van der Waals surface area (Å²) >= 11 is 0. The molecule has 0 unspecified atom stereocenters. The van der Waals surface area contributed by atoms with Gasteiger partial charge in [-0.05, 0) is 64.0 Å². The van der Waals surface area contributed by atoms with Gasteiger partial charge in [0.05, 0.1) is 6.54 Å². The Morgan fingerprint density at radius 1 is 1.28 bits per heavy atom. The molecule has 0 radical (unpaired) electrons. The van der Waals surface area contributed by atoms with E-state index in [9.17, 15) is 13.2 Å². The van der Waals surface area contributed by atoms with Gasteiger partial charge in [-0.1, -0.05) is 0 Å². The summed E-state index contributed by atoms with van der Waals surface area (Å²) in [5.74, 6) is 1.23. The molecule has 2 amide bonds. The second kappa shape index (κ2) is 7.82. The second-order valence-corrected chi connectivity index (χ2v) is 9.17. The number of carbonyl (C=O) groups excluding carboxylic acids is 1. The number of hydroxylamine groups is 2. The highest BCUT2D eigenvalue weighted by atomic mass is 32.3. The summed E-state index contributed by atoms with van der Waals surface area (Å²) in [5.41, 5.74) is 0.395. The monoisotopic (exact) mass is 429 g/mol. The van der Waals surface area contributed by atoms with Crippen LogP contribution in [-0.2, 0) is 14.7 Å². The summed E-state index contributed by atoms with van der Waals surface area (Å²) in [7, 11) is -4.78. The average molecular weight is 429 g/mol. The molecule has 2 aliphatic heterocycles. The molecule has 1 aliphatic carbocycles. The van der Waals surface area contributed by atoms with Crippen LogP contribution >= 0.6 is 0 Å². The Morgan fingerprint density at radius 2 is 1.97 bits per heavy atom. The summed E-state index contributed by atoms with van der Waals surface area (Å²) in [6.07, 6.45) is 5.43. The minimum Gasteiger partial charge on any atom is -0.423 e. The molecule has 4 rings (SSSR count). The second-order valence-electron chi connectivity index (χ2n) is 8.16. The average Bonchev–Trinajstić information content (AvgIpc) is 3.07. The predicted octanol–water partition coefficient (Wildman–Crippen LogP) is 1.63. The van der Waals surface area contributed by atoms with Gasteiger partial charge in [0.2, 0.25) is 11.8 Å². The highest BCUT2D eigenvalue weighted by molar-refractivity contribution is 7.80. The Bertz CT molecular complexity index is 844. The van der Waals surface area contributed by atoms with E-state index in [1.165, 1.54) is 17.7 Å². The first kappa shape index (κ1) is 20.5. The van der Waals surface area contributed by atoms with Crippen molar-refractivity contribution >= 4 is 16.4 Å². The van der Waals surface area contributed by atoms with Gasteiger partial charge in [-0.2, -0.15) is 13.5 Å². The number of piperidine rings is 1. The quantitative estimate of drug-likeness (QED) is 0.669. The highest BCUT2D eigenvalue weighted by Gasteiger charge is 2.47. The molecular weight excluding hydrogens is 402 g/mol. The minimum atomic E-state index is -4.78. The fourth-order valence-electron chi connectivity index (χ4n) is 4.82. The molecule has 1 aromatic heterocycles. The van der Waals surface area contributed by atoms with Crippen LogP contribution < -0.4 is 5.32 Å². The summed E-state index contributed by atoms with van der Waals surface area (Å²) in [6.45, 7) is 4.21. The molecule has 29 heavy (non-hydrogen) atoms. The standard InChI is InChI=1S/C17H27N5O6S/c1-2-21-13(4-3-9-22(16(21)23)28-29(24,25)26)15-20-19-14(27-15)12-10-17(11-12)5-7-18-8-6-17/h12-13,18H,2-11H2,1H3,(H,24,25,26)/t13-/m0/s1. The van der Waals surface area contributed by atoms with Gasteiger partial charge >= 0.3 is 16.4 Å². The van der Waals surface area contributed by atoms with Crippen molar-refractivity contribution in [2.45, 2.75) is 57.4 Å². The van der Waals surface area contributed by atoms with Crippen LogP contribution in [0, 0.1) is 5.41 Å². The third-order valence-corrected chi connectivity index (χ3v) is 6.68. The lowest BCUT2D eigenvalue weighted by Gasteiger charge is -2.49. The van der Waals surface area contributed by atoms with E-state index >= 15 is 0 Å². The first-order chi connectivity index (χ1) is 13.8. The van der Waals surface area contributed by atoms with E-state index in [1.54, 1.807) is 6.92 Å². The minimum absolute atomic E-state index is 0.0335. The van der Waals surface area contributed by atoms with Gasteiger partial charge in [0.15, 0.2) is 0 Å². The van der Waals surface area contributed by atoms with Gasteiger partial charge in [0.25, 0.3) is 0 Å². The summed E-state index contributed by atoms with van der Waals surface area (Å²) in [4.78, 5) is 14.1. The molecule has 12 heteroatoms. The lowest BCUT2D eigenvalue weighted by molar-refractivity contribution is -0.0278. The molecule has 1 saturated carbocycles. The maximum atomic E-state index is 12.7. The number of hydrogen-bond acceptors (Lipinski definition) is 8. The zero-order valence-electron chi connectivity index (χ0n) is 16.4. The Balaban J connectivity index is 1.46. The Labute approximate surface area is 169 Å². The van der Waals surface area contributed by atoms with Gasteiger partial charge in [-0.25, -0.2) is 4.79 Å². The van der Waals surface area contributed by atoms with E-state index < -0.39 is 22.5 Å². The van der Waals surface area contributed by atoms with E-state index in [0.717, 1.165) is 25.9 Å². The number of carbonyl (C=O) groups is 1. The molecule has 1 aromatic rings. The van der Waals surface area contributed by atoms with Crippen LogP contribution in [-0.4, -0.2) is 65.3 Å². The van der Waals surface area contributed by atoms with Crippen LogP contribution in [0.25, 0.3) is 0 Å². The molecule has 3 aliphatic rings. The number of amides is 2. The maximum absolute atomic E-state index is 12.7. The van der Waals surface area contributed by atoms with Gasteiger partial charge in [0.1, 0.15) is 6.04 Å². The van der Waals surface area contributed by atoms with Crippen molar-refractivity contribution < 1.29 is 26.5 Å². The Kier molecular flexibility index (Phi) is 5.53. The van der Waals surface area contributed by atoms with Gasteiger partial charge in [-0.3, -0.25) is 4.55 Å². The maximum Gasteiger partial charge on any atom is 0.418 e. The summed E-state index contributed by atoms with van der Waals surface area (Å²) < 4.78 is 41.4. The smallest absolute Gasteiger partial charge is 0.418 e. The predicted molar refractivity (Wildman–Crippen MR) is 99.9 cm³/mol. The molecule has 1 atom stereocenters. The van der Waals surface area contributed by atoms with Crippen LogP contribution in [0.4, 0.5) is 4.79 Å². The zero-order chi connectivity index (χ0) is 20.6. The van der Waals surface area contributed by atoms with Crippen LogP contribution in [0.5, 0.6) is 0 Å². The molecule has 0 bridgehead atoms. The molecule has 2 N–H and O–H groups in total. The number of urea groups is 1. The number of nitrogens with zero attached hydrogens (tertiary/aromatic N) is 4. The van der Waals surface area contributed by atoms with Crippen molar-refractivity contribution in [2.75, 3.05) is 26.2 Å². The number of aromatic nitrogens is 2. The zero-order valence-corrected chi connectivity index (χ0v) is 17.2. The first-order valence-corrected chi connectivity index (χ1v) is 11.5. The van der Waals surface area contributed by atoms with E-state index in [0.29, 0.717) is 41.6 Å². The van der Waals surface area contributed by atoms with Gasteiger partial charge < -0.3 is 14.6 Å². The summed E-state index contributed by atoms with van der Waals surface area (Å²) in [6, 6.07) is -1.12. The largest absolute Gasteiger partial charge is 0.423 e. The van der Waals surface area contributed by atoms with Crippen molar-refractivity contribution in [3.05, 3.63) is 11.8 Å². The molecule has 162 valence electrons. The van der Waals surface area contributed by atoms with Gasteiger partial charge in [0, 0.05) is 12.5 Å². The SMILES string of the molecule is CCN1C(=O)N(OS(=O)(=O)O)CCC[C@H]1c1nnc(C2CC3(CCNCC3)C2)o1. The normalized spacial score (nSPS) is 25.9. The molecule has 2 saturated heterocycles. The Hall–Kier alpha value is -1.76. The first-order valence-electron chi connectivity index (χ1n) is 10.1. The lowest BCUT2D eigenvalue weighted by atomic mass is 9.58. The fourth-order valence-corrected chi connectivity index (χ4v) is 5.19. The third kappa shape index (κ3) is 4.25.